The van der Waals surface area contributed by atoms with Gasteiger partial charge in [0.2, 0.25) is 5.91 Å². The number of hydrogen-bond donors (Lipinski definition) is 2. The van der Waals surface area contributed by atoms with Crippen molar-refractivity contribution in [2.24, 2.45) is 0 Å². The van der Waals surface area contributed by atoms with Crippen molar-refractivity contribution in [2.45, 2.75) is 19.4 Å². The summed E-state index contributed by atoms with van der Waals surface area (Å²) in [5.41, 5.74) is 1.16. The minimum absolute atomic E-state index is 0.0367. The fourth-order valence-electron chi connectivity index (χ4n) is 2.34. The van der Waals surface area contributed by atoms with E-state index in [4.69, 9.17) is 0 Å². The van der Waals surface area contributed by atoms with E-state index in [1.807, 2.05) is 31.2 Å². The topological polar surface area (TPSA) is 84.3 Å². The van der Waals surface area contributed by atoms with Crippen molar-refractivity contribution in [1.29, 1.82) is 0 Å². The van der Waals surface area contributed by atoms with Crippen LogP contribution in [0.25, 0.3) is 0 Å². The smallest absolute Gasteiger partial charge is 0.292 e. The molecule has 2 rings (SSSR count). The Kier molecular flexibility index (Phi) is 6.45. The van der Waals surface area contributed by atoms with Crippen LogP contribution in [0.2, 0.25) is 0 Å². The van der Waals surface area contributed by atoms with E-state index in [2.05, 4.69) is 26.6 Å². The van der Waals surface area contributed by atoms with Gasteiger partial charge in [-0.15, -0.1) is 0 Å². The largest absolute Gasteiger partial charge is 0.319 e. The zero-order chi connectivity index (χ0) is 17.5. The van der Waals surface area contributed by atoms with E-state index in [1.165, 1.54) is 12.1 Å². The highest BCUT2D eigenvalue weighted by molar-refractivity contribution is 9.10. The predicted molar refractivity (Wildman–Crippen MR) is 96.9 cm³/mol. The van der Waals surface area contributed by atoms with Gasteiger partial charge in [-0.1, -0.05) is 47.1 Å². The number of nitro benzene ring substituents is 1. The van der Waals surface area contributed by atoms with Gasteiger partial charge in [-0.2, -0.15) is 0 Å². The first-order chi connectivity index (χ1) is 11.5. The molecular formula is C17H18BrN3O3. The molecule has 0 heterocycles. The van der Waals surface area contributed by atoms with Gasteiger partial charge >= 0.3 is 0 Å². The Hall–Kier alpha value is -2.25. The molecule has 2 aromatic carbocycles. The molecule has 2 aromatic rings. The molecule has 2 N–H and O–H groups in total. The zero-order valence-electron chi connectivity index (χ0n) is 13.2. The quantitative estimate of drug-likeness (QED) is 0.550. The van der Waals surface area contributed by atoms with Gasteiger partial charge in [0.05, 0.1) is 11.5 Å². The summed E-state index contributed by atoms with van der Waals surface area (Å²) in [4.78, 5) is 22.5. The Bertz CT molecular complexity index is 719. The number of halogens is 1. The lowest BCUT2D eigenvalue weighted by Crippen LogP contribution is -2.31. The van der Waals surface area contributed by atoms with Gasteiger partial charge in [0.1, 0.15) is 5.69 Å². The maximum Gasteiger partial charge on any atom is 0.292 e. The molecule has 6 nitrogen and oxygen atoms in total. The highest BCUT2D eigenvalue weighted by Gasteiger charge is 2.16. The molecule has 7 heteroatoms. The van der Waals surface area contributed by atoms with Gasteiger partial charge in [0.25, 0.3) is 5.69 Å². The summed E-state index contributed by atoms with van der Waals surface area (Å²) in [5.74, 6) is -0.320. The lowest BCUT2D eigenvalue weighted by Gasteiger charge is -2.17. The molecule has 0 aliphatic carbocycles. The van der Waals surface area contributed by atoms with Crippen molar-refractivity contribution < 1.29 is 9.72 Å². The Morgan fingerprint density at radius 1 is 1.21 bits per heavy atom. The van der Waals surface area contributed by atoms with E-state index in [0.717, 1.165) is 16.5 Å². The molecule has 126 valence electrons. The van der Waals surface area contributed by atoms with E-state index >= 15 is 0 Å². The molecule has 1 amide bonds. The van der Waals surface area contributed by atoms with Crippen LogP contribution in [0.3, 0.4) is 0 Å². The molecule has 0 radical (unpaired) electrons. The van der Waals surface area contributed by atoms with Crippen LogP contribution in [-0.2, 0) is 4.79 Å². The highest BCUT2D eigenvalue weighted by Crippen LogP contribution is 2.23. The third-order valence-corrected chi connectivity index (χ3v) is 4.09. The Morgan fingerprint density at radius 3 is 2.50 bits per heavy atom. The molecule has 0 unspecified atom stereocenters. The summed E-state index contributed by atoms with van der Waals surface area (Å²) in [6, 6.07) is 14.0. The van der Waals surface area contributed by atoms with Crippen LogP contribution in [0.4, 0.5) is 11.4 Å². The fraction of sp³-hybridized carbons (Fsp3) is 0.235. The van der Waals surface area contributed by atoms with Crippen molar-refractivity contribution in [1.82, 2.24) is 5.32 Å². The summed E-state index contributed by atoms with van der Waals surface area (Å²) in [7, 11) is 0. The van der Waals surface area contributed by atoms with Crippen molar-refractivity contribution in [3.05, 3.63) is 68.7 Å². The second kappa shape index (κ2) is 8.56. The highest BCUT2D eigenvalue weighted by atomic mass is 79.9. The molecule has 0 saturated heterocycles. The molecule has 0 fully saturated rings. The molecule has 0 aliphatic rings. The van der Waals surface area contributed by atoms with Gasteiger partial charge in [-0.25, -0.2) is 0 Å². The first kappa shape index (κ1) is 18.1. The minimum atomic E-state index is -0.514. The molecule has 0 aromatic heterocycles. The fourth-order valence-corrected chi connectivity index (χ4v) is 2.61. The van der Waals surface area contributed by atoms with Gasteiger partial charge in [-0.3, -0.25) is 14.9 Å². The average Bonchev–Trinajstić information content (AvgIpc) is 2.57. The van der Waals surface area contributed by atoms with Crippen LogP contribution >= 0.6 is 15.9 Å². The number of hydrogen-bond acceptors (Lipinski definition) is 4. The maximum absolute atomic E-state index is 12.1. The Morgan fingerprint density at radius 2 is 1.88 bits per heavy atom. The lowest BCUT2D eigenvalue weighted by molar-refractivity contribution is -0.383. The second-order valence-electron chi connectivity index (χ2n) is 5.22. The van der Waals surface area contributed by atoms with Crippen molar-refractivity contribution >= 4 is 33.2 Å². The van der Waals surface area contributed by atoms with Gasteiger partial charge < -0.3 is 10.6 Å². The molecule has 0 saturated carbocycles. The van der Waals surface area contributed by atoms with E-state index in [0.29, 0.717) is 0 Å². The summed E-state index contributed by atoms with van der Waals surface area (Å²) in [6.45, 7) is 2.10. The summed E-state index contributed by atoms with van der Waals surface area (Å²) < 4.78 is 0.996. The molecular weight excluding hydrogens is 374 g/mol. The number of benzene rings is 2. The number of nitrogens with one attached hydrogen (secondary N) is 2. The predicted octanol–water partition coefficient (Wildman–Crippen LogP) is 4.04. The lowest BCUT2D eigenvalue weighted by atomic mass is 10.0. The first-order valence-corrected chi connectivity index (χ1v) is 8.32. The number of carbonyl (C=O) groups is 1. The third-order valence-electron chi connectivity index (χ3n) is 3.56. The SMILES string of the molecule is CC[C@@H](NCC(=O)Nc1ccccc1[N+](=O)[O-])c1ccc(Br)cc1. The van der Waals surface area contributed by atoms with Crippen LogP contribution < -0.4 is 10.6 Å². The summed E-state index contributed by atoms with van der Waals surface area (Å²) >= 11 is 3.39. The van der Waals surface area contributed by atoms with Crippen molar-refractivity contribution in [3.63, 3.8) is 0 Å². The average molecular weight is 392 g/mol. The van der Waals surface area contributed by atoms with E-state index in [9.17, 15) is 14.9 Å². The maximum atomic E-state index is 12.1. The van der Waals surface area contributed by atoms with Crippen LogP contribution in [0, 0.1) is 10.1 Å². The molecule has 0 bridgehead atoms. The molecule has 24 heavy (non-hydrogen) atoms. The number of carbonyl (C=O) groups excluding carboxylic acids is 1. The van der Waals surface area contributed by atoms with Crippen molar-refractivity contribution in [3.8, 4) is 0 Å². The van der Waals surface area contributed by atoms with Crippen molar-refractivity contribution in [2.75, 3.05) is 11.9 Å². The Labute approximate surface area is 148 Å². The molecule has 0 aliphatic heterocycles. The van der Waals surface area contributed by atoms with Crippen LogP contribution in [0.1, 0.15) is 24.9 Å². The minimum Gasteiger partial charge on any atom is -0.319 e. The first-order valence-electron chi connectivity index (χ1n) is 7.53. The van der Waals surface area contributed by atoms with Crippen LogP contribution in [-0.4, -0.2) is 17.4 Å². The number of anilines is 1. The Balaban J connectivity index is 1.97. The summed E-state index contributed by atoms with van der Waals surface area (Å²) in [6.07, 6.45) is 0.820. The second-order valence-corrected chi connectivity index (χ2v) is 6.13. The van der Waals surface area contributed by atoms with E-state index < -0.39 is 4.92 Å². The normalized spacial score (nSPS) is 11.8. The molecule has 0 spiro atoms. The van der Waals surface area contributed by atoms with E-state index in [1.54, 1.807) is 12.1 Å². The zero-order valence-corrected chi connectivity index (χ0v) is 14.7. The van der Waals surface area contributed by atoms with Crippen LogP contribution in [0.5, 0.6) is 0 Å². The third kappa shape index (κ3) is 4.87. The van der Waals surface area contributed by atoms with Gasteiger partial charge in [0, 0.05) is 16.6 Å². The van der Waals surface area contributed by atoms with Crippen LogP contribution in [0.15, 0.2) is 53.0 Å². The monoisotopic (exact) mass is 391 g/mol. The number of nitro groups is 1. The van der Waals surface area contributed by atoms with Gasteiger partial charge in [0.15, 0.2) is 0 Å². The molecule has 1 atom stereocenters. The number of rotatable bonds is 7. The number of amides is 1. The number of para-hydroxylation sites is 2. The van der Waals surface area contributed by atoms with Gasteiger partial charge in [-0.05, 0) is 30.2 Å². The van der Waals surface area contributed by atoms with E-state index in [-0.39, 0.29) is 29.9 Å². The summed E-state index contributed by atoms with van der Waals surface area (Å²) in [5, 5.41) is 16.7. The number of nitrogens with zero attached hydrogens (tertiary/aromatic N) is 1. The standard InChI is InChI=1S/C17H18BrN3O3/c1-2-14(12-7-9-13(18)10-8-12)19-11-17(22)20-15-5-3-4-6-16(15)21(23)24/h3-10,14,19H,2,11H2,1H3,(H,20,22)/t14-/m1/s1.